The Morgan fingerprint density at radius 2 is 1.67 bits per heavy atom. The van der Waals surface area contributed by atoms with Gasteiger partial charge >= 0.3 is 0 Å². The Morgan fingerprint density at radius 3 is 2.41 bits per heavy atom. The van der Waals surface area contributed by atoms with Gasteiger partial charge in [0.15, 0.2) is 0 Å². The van der Waals surface area contributed by atoms with Gasteiger partial charge in [0.1, 0.15) is 17.7 Å². The van der Waals surface area contributed by atoms with Gasteiger partial charge in [-0.2, -0.15) is 5.10 Å². The van der Waals surface area contributed by atoms with E-state index in [0.29, 0.717) is 17.0 Å². The predicted octanol–water partition coefficient (Wildman–Crippen LogP) is 4.89. The van der Waals surface area contributed by atoms with Crippen LogP contribution in [0.1, 0.15) is 5.69 Å². The molecule has 0 spiro atoms. The molecule has 0 saturated heterocycles. The van der Waals surface area contributed by atoms with Crippen LogP contribution in [-0.4, -0.2) is 14.8 Å². The molecule has 1 aromatic carbocycles. The van der Waals surface area contributed by atoms with Crippen LogP contribution < -0.4 is 5.56 Å². The third-order valence-electron chi connectivity index (χ3n) is 4.22. The van der Waals surface area contributed by atoms with Crippen molar-refractivity contribution in [3.8, 4) is 21.3 Å². The molecule has 0 atom stereocenters. The summed E-state index contributed by atoms with van der Waals surface area (Å²) in [7, 11) is 0. The van der Waals surface area contributed by atoms with E-state index in [4.69, 9.17) is 4.42 Å². The molecule has 0 bridgehead atoms. The zero-order valence-corrected chi connectivity index (χ0v) is 15.7. The first kappa shape index (κ1) is 16.2. The molecule has 0 unspecified atom stereocenters. The topological polar surface area (TPSA) is 60.9 Å². The maximum absolute atomic E-state index is 12.9. The Labute approximate surface area is 162 Å². The van der Waals surface area contributed by atoms with Crippen LogP contribution in [0.2, 0.25) is 0 Å². The summed E-state index contributed by atoms with van der Waals surface area (Å²) in [6.07, 6.45) is 1.59. The standard InChI is InChI=1S/C20H13N3O2S2/c24-20-15-6-2-1-5-14(15)18(16-7-3-9-26-16)22-23(20)11-13-12-25-19(21-13)17-8-4-10-27-17/h1-10,12H,11H2. The van der Waals surface area contributed by atoms with E-state index in [1.165, 1.54) is 4.68 Å². The molecule has 5 aromatic rings. The van der Waals surface area contributed by atoms with Crippen molar-refractivity contribution < 1.29 is 4.42 Å². The number of thiophene rings is 2. The number of aromatic nitrogens is 3. The lowest BCUT2D eigenvalue weighted by molar-refractivity contribution is 0.569. The molecule has 0 radical (unpaired) electrons. The van der Waals surface area contributed by atoms with E-state index in [1.54, 1.807) is 28.9 Å². The summed E-state index contributed by atoms with van der Waals surface area (Å²) in [6, 6.07) is 15.5. The number of hydrogen-bond acceptors (Lipinski definition) is 6. The van der Waals surface area contributed by atoms with Crippen molar-refractivity contribution in [3.63, 3.8) is 0 Å². The third-order valence-corrected chi connectivity index (χ3v) is 5.95. The highest BCUT2D eigenvalue weighted by molar-refractivity contribution is 7.13. The summed E-state index contributed by atoms with van der Waals surface area (Å²) in [6.45, 7) is 0.261. The van der Waals surface area contributed by atoms with E-state index in [-0.39, 0.29) is 12.1 Å². The van der Waals surface area contributed by atoms with Crippen molar-refractivity contribution in [1.82, 2.24) is 14.8 Å². The molecule has 5 nitrogen and oxygen atoms in total. The van der Waals surface area contributed by atoms with Crippen LogP contribution in [0.5, 0.6) is 0 Å². The van der Waals surface area contributed by atoms with Gasteiger partial charge in [-0.1, -0.05) is 30.3 Å². The average Bonchev–Trinajstić information content (AvgIpc) is 3.46. The molecular weight excluding hydrogens is 378 g/mol. The highest BCUT2D eigenvalue weighted by Gasteiger charge is 2.15. The number of hydrogen-bond donors (Lipinski definition) is 0. The molecule has 5 rings (SSSR count). The first-order valence-electron chi connectivity index (χ1n) is 8.31. The van der Waals surface area contributed by atoms with Crippen LogP contribution in [-0.2, 0) is 6.54 Å². The minimum atomic E-state index is -0.133. The number of fused-ring (bicyclic) bond motifs is 1. The largest absolute Gasteiger partial charge is 0.443 e. The molecule has 0 saturated carbocycles. The van der Waals surface area contributed by atoms with E-state index >= 15 is 0 Å². The van der Waals surface area contributed by atoms with Crippen LogP contribution >= 0.6 is 22.7 Å². The fourth-order valence-corrected chi connectivity index (χ4v) is 4.36. The van der Waals surface area contributed by atoms with Crippen LogP contribution in [0.3, 0.4) is 0 Å². The quantitative estimate of drug-likeness (QED) is 0.438. The Bertz CT molecular complexity index is 1270. The van der Waals surface area contributed by atoms with Crippen molar-refractivity contribution in [2.75, 3.05) is 0 Å². The third kappa shape index (κ3) is 2.90. The Morgan fingerprint density at radius 1 is 0.926 bits per heavy atom. The molecule has 0 aliphatic carbocycles. The second-order valence-corrected chi connectivity index (χ2v) is 7.85. The average molecular weight is 391 g/mol. The number of oxazole rings is 1. The predicted molar refractivity (Wildman–Crippen MR) is 108 cm³/mol. The van der Waals surface area contributed by atoms with E-state index in [0.717, 1.165) is 20.8 Å². The minimum absolute atomic E-state index is 0.133. The van der Waals surface area contributed by atoms with Crippen LogP contribution in [0.4, 0.5) is 0 Å². The summed E-state index contributed by atoms with van der Waals surface area (Å²) >= 11 is 3.17. The van der Waals surface area contributed by atoms with E-state index in [1.807, 2.05) is 59.3 Å². The normalized spacial score (nSPS) is 11.3. The summed E-state index contributed by atoms with van der Waals surface area (Å²) in [5.41, 5.74) is 1.34. The van der Waals surface area contributed by atoms with Crippen LogP contribution in [0, 0.1) is 0 Å². The second-order valence-electron chi connectivity index (χ2n) is 5.96. The minimum Gasteiger partial charge on any atom is -0.443 e. The molecule has 4 aromatic heterocycles. The summed E-state index contributed by atoms with van der Waals surface area (Å²) in [5, 5.41) is 10.1. The highest BCUT2D eigenvalue weighted by atomic mass is 32.1. The maximum atomic E-state index is 12.9. The molecule has 7 heteroatoms. The van der Waals surface area contributed by atoms with Gasteiger partial charge in [0, 0.05) is 5.39 Å². The Kier molecular flexibility index (Phi) is 3.95. The maximum Gasteiger partial charge on any atom is 0.275 e. The highest BCUT2D eigenvalue weighted by Crippen LogP contribution is 2.28. The molecular formula is C20H13N3O2S2. The van der Waals surface area contributed by atoms with Crippen molar-refractivity contribution in [3.05, 3.63) is 81.6 Å². The van der Waals surface area contributed by atoms with Crippen LogP contribution in [0.15, 0.2) is 74.8 Å². The van der Waals surface area contributed by atoms with E-state index < -0.39 is 0 Å². The molecule has 0 N–H and O–H groups in total. The number of rotatable bonds is 4. The zero-order valence-electron chi connectivity index (χ0n) is 14.0. The lowest BCUT2D eigenvalue weighted by Crippen LogP contribution is -2.24. The van der Waals surface area contributed by atoms with Gasteiger partial charge < -0.3 is 4.42 Å². The lowest BCUT2D eigenvalue weighted by Gasteiger charge is -2.09. The molecule has 0 aliphatic heterocycles. The van der Waals surface area contributed by atoms with Crippen molar-refractivity contribution in [1.29, 1.82) is 0 Å². The molecule has 27 heavy (non-hydrogen) atoms. The smallest absolute Gasteiger partial charge is 0.275 e. The molecule has 0 amide bonds. The van der Waals surface area contributed by atoms with Crippen molar-refractivity contribution >= 4 is 33.4 Å². The summed E-state index contributed by atoms with van der Waals surface area (Å²) in [5.74, 6) is 0.562. The fraction of sp³-hybridized carbons (Fsp3) is 0.0500. The van der Waals surface area contributed by atoms with Gasteiger partial charge in [0.2, 0.25) is 5.89 Å². The van der Waals surface area contributed by atoms with Crippen molar-refractivity contribution in [2.45, 2.75) is 6.54 Å². The lowest BCUT2D eigenvalue weighted by atomic mass is 10.1. The molecule has 0 fully saturated rings. The Balaban J connectivity index is 1.61. The fourth-order valence-electron chi connectivity index (χ4n) is 2.98. The SMILES string of the molecule is O=c1c2ccccc2c(-c2cccs2)nn1Cc1coc(-c2cccs2)n1. The van der Waals surface area contributed by atoms with Gasteiger partial charge in [-0.25, -0.2) is 9.67 Å². The monoisotopic (exact) mass is 391 g/mol. The molecule has 4 heterocycles. The number of nitrogens with zero attached hydrogens (tertiary/aromatic N) is 3. The number of benzene rings is 1. The zero-order chi connectivity index (χ0) is 18.2. The molecule has 132 valence electrons. The first-order chi connectivity index (χ1) is 13.3. The second kappa shape index (κ2) is 6.61. The van der Waals surface area contributed by atoms with E-state index in [2.05, 4.69) is 10.1 Å². The van der Waals surface area contributed by atoms with E-state index in [9.17, 15) is 4.79 Å². The summed E-state index contributed by atoms with van der Waals surface area (Å²) < 4.78 is 7.04. The van der Waals surface area contributed by atoms with Gasteiger partial charge in [0.25, 0.3) is 5.56 Å². The summed E-state index contributed by atoms with van der Waals surface area (Å²) in [4.78, 5) is 19.4. The van der Waals surface area contributed by atoms with Gasteiger partial charge in [-0.3, -0.25) is 4.79 Å². The first-order valence-corrected chi connectivity index (χ1v) is 10.1. The Hall–Kier alpha value is -3.03. The van der Waals surface area contributed by atoms with Gasteiger partial charge in [-0.15, -0.1) is 22.7 Å². The van der Waals surface area contributed by atoms with Crippen LogP contribution in [0.25, 0.3) is 32.1 Å². The van der Waals surface area contributed by atoms with Crippen molar-refractivity contribution in [2.24, 2.45) is 0 Å². The van der Waals surface area contributed by atoms with Gasteiger partial charge in [-0.05, 0) is 29.0 Å². The van der Waals surface area contributed by atoms with Gasteiger partial charge in [0.05, 0.1) is 21.7 Å². The molecule has 0 aliphatic rings.